The van der Waals surface area contributed by atoms with Gasteiger partial charge in [0.25, 0.3) is 11.5 Å². The lowest BCUT2D eigenvalue weighted by Crippen LogP contribution is -2.47. The molecule has 0 saturated carbocycles. The van der Waals surface area contributed by atoms with E-state index in [2.05, 4.69) is 10.3 Å². The SMILES string of the molecule is O=C(NC(Oc1ccc(/C=c2\sc3nc4ccccc4n3c2=O)cc1)C(Cl)(Cl)Cl)c1ccco1. The first-order valence-electron chi connectivity index (χ1n) is 9.89. The van der Waals surface area contributed by atoms with Crippen molar-refractivity contribution in [1.82, 2.24) is 14.7 Å². The number of amides is 1. The molecule has 5 aromatic rings. The maximum absolute atomic E-state index is 12.9. The van der Waals surface area contributed by atoms with Crippen LogP contribution in [0.15, 0.2) is 76.1 Å². The average molecular weight is 535 g/mol. The highest BCUT2D eigenvalue weighted by Gasteiger charge is 2.36. The van der Waals surface area contributed by atoms with Crippen LogP contribution in [0.5, 0.6) is 5.75 Å². The number of hydrogen-bond donors (Lipinski definition) is 1. The van der Waals surface area contributed by atoms with Gasteiger partial charge in [0.05, 0.1) is 21.8 Å². The smallest absolute Gasteiger partial charge is 0.289 e. The molecule has 0 fully saturated rings. The third kappa shape index (κ3) is 4.50. The molecule has 1 N–H and O–H groups in total. The van der Waals surface area contributed by atoms with Crippen LogP contribution in [0.25, 0.3) is 22.1 Å². The molecule has 1 unspecified atom stereocenters. The Balaban J connectivity index is 1.38. The van der Waals surface area contributed by atoms with Crippen LogP contribution < -0.4 is 20.1 Å². The molecule has 0 aliphatic rings. The van der Waals surface area contributed by atoms with Crippen LogP contribution in [0.3, 0.4) is 0 Å². The standard InChI is InChI=1S/C23H14Cl3N3O4S/c24-23(25,26)21(28-19(30)17-6-3-11-32-17)33-14-9-7-13(8-10-14)12-18-20(31)29-16-5-2-1-4-15(16)27-22(29)34-18/h1-12,21H,(H,28,30)/b18-12-. The van der Waals surface area contributed by atoms with Crippen LogP contribution in [0.1, 0.15) is 16.1 Å². The van der Waals surface area contributed by atoms with Crippen LogP contribution >= 0.6 is 46.1 Å². The van der Waals surface area contributed by atoms with Gasteiger partial charge < -0.3 is 14.5 Å². The van der Waals surface area contributed by atoms with E-state index in [4.69, 9.17) is 44.0 Å². The van der Waals surface area contributed by atoms with Gasteiger partial charge in [0.1, 0.15) is 5.75 Å². The van der Waals surface area contributed by atoms with Crippen molar-refractivity contribution in [3.8, 4) is 5.75 Å². The van der Waals surface area contributed by atoms with E-state index in [0.717, 1.165) is 16.6 Å². The number of thiazole rings is 1. The number of ether oxygens (including phenoxy) is 1. The molecule has 1 atom stereocenters. The molecular weight excluding hydrogens is 521 g/mol. The second-order valence-corrected chi connectivity index (χ2v) is 10.6. The molecule has 0 saturated heterocycles. The summed E-state index contributed by atoms with van der Waals surface area (Å²) in [7, 11) is 0. The van der Waals surface area contributed by atoms with Crippen molar-refractivity contribution in [2.75, 3.05) is 0 Å². The van der Waals surface area contributed by atoms with Crippen molar-refractivity contribution >= 4 is 74.1 Å². The molecule has 0 aliphatic carbocycles. The Morgan fingerprint density at radius 2 is 1.88 bits per heavy atom. The van der Waals surface area contributed by atoms with Gasteiger partial charge in [0.2, 0.25) is 10.0 Å². The lowest BCUT2D eigenvalue weighted by Gasteiger charge is -2.26. The number of rotatable bonds is 5. The number of benzene rings is 2. The number of furan rings is 1. The fourth-order valence-electron chi connectivity index (χ4n) is 3.32. The lowest BCUT2D eigenvalue weighted by molar-refractivity contribution is 0.0805. The first-order chi connectivity index (χ1) is 16.3. The molecule has 3 aromatic heterocycles. The fraction of sp³-hybridized carbons (Fsp3) is 0.0870. The van der Waals surface area contributed by atoms with Crippen molar-refractivity contribution in [2.45, 2.75) is 10.0 Å². The minimum atomic E-state index is -1.95. The predicted molar refractivity (Wildman–Crippen MR) is 133 cm³/mol. The second kappa shape index (κ2) is 8.96. The number of alkyl halides is 3. The van der Waals surface area contributed by atoms with Gasteiger partial charge in [-0.2, -0.15) is 0 Å². The van der Waals surface area contributed by atoms with E-state index in [1.54, 1.807) is 40.8 Å². The summed E-state index contributed by atoms with van der Waals surface area (Å²) in [4.78, 5) is 30.3. The Kier molecular flexibility index (Phi) is 5.99. The second-order valence-electron chi connectivity index (χ2n) is 7.19. The molecule has 5 rings (SSSR count). The minimum Gasteiger partial charge on any atom is -0.466 e. The van der Waals surface area contributed by atoms with Gasteiger partial charge in [-0.1, -0.05) is 70.4 Å². The molecule has 0 aliphatic heterocycles. The van der Waals surface area contributed by atoms with Gasteiger partial charge >= 0.3 is 0 Å². The Bertz CT molecular complexity index is 1590. The topological polar surface area (TPSA) is 85.8 Å². The van der Waals surface area contributed by atoms with Crippen LogP contribution in [-0.2, 0) is 0 Å². The predicted octanol–water partition coefficient (Wildman–Crippen LogP) is 4.56. The van der Waals surface area contributed by atoms with Crippen molar-refractivity contribution < 1.29 is 13.9 Å². The fourth-order valence-corrected chi connectivity index (χ4v) is 4.60. The summed E-state index contributed by atoms with van der Waals surface area (Å²) in [5.74, 6) is -0.191. The molecule has 172 valence electrons. The molecule has 11 heteroatoms. The van der Waals surface area contributed by atoms with Gasteiger partial charge in [-0.25, -0.2) is 9.38 Å². The van der Waals surface area contributed by atoms with E-state index >= 15 is 0 Å². The summed E-state index contributed by atoms with van der Waals surface area (Å²) in [6, 6.07) is 17.3. The zero-order chi connectivity index (χ0) is 23.9. The number of imidazole rings is 1. The number of hydrogen-bond acceptors (Lipinski definition) is 6. The third-order valence-electron chi connectivity index (χ3n) is 4.88. The Labute approximate surface area is 211 Å². The normalized spacial score (nSPS) is 13.4. The summed E-state index contributed by atoms with van der Waals surface area (Å²) in [6.07, 6.45) is 1.85. The highest BCUT2D eigenvalue weighted by atomic mass is 35.6. The van der Waals surface area contributed by atoms with Gasteiger partial charge in [-0.05, 0) is 48.0 Å². The van der Waals surface area contributed by atoms with Gasteiger partial charge in [-0.15, -0.1) is 0 Å². The van der Waals surface area contributed by atoms with Crippen molar-refractivity contribution in [3.63, 3.8) is 0 Å². The maximum Gasteiger partial charge on any atom is 0.289 e. The Morgan fingerprint density at radius 3 is 2.59 bits per heavy atom. The van der Waals surface area contributed by atoms with Crippen LogP contribution in [-0.4, -0.2) is 25.3 Å². The maximum atomic E-state index is 12.9. The number of carbonyl (C=O) groups is 1. The molecular formula is C23H14Cl3N3O4S. The summed E-state index contributed by atoms with van der Waals surface area (Å²) in [5.41, 5.74) is 2.19. The van der Waals surface area contributed by atoms with E-state index in [1.807, 2.05) is 24.3 Å². The summed E-state index contributed by atoms with van der Waals surface area (Å²) in [6.45, 7) is 0. The van der Waals surface area contributed by atoms with E-state index < -0.39 is 15.9 Å². The van der Waals surface area contributed by atoms with E-state index in [9.17, 15) is 9.59 Å². The third-order valence-corrected chi connectivity index (χ3v) is 6.44. The number of halogens is 3. The zero-order valence-electron chi connectivity index (χ0n) is 17.1. The van der Waals surface area contributed by atoms with E-state index in [-0.39, 0.29) is 11.3 Å². The van der Waals surface area contributed by atoms with Crippen molar-refractivity contribution in [3.05, 3.63) is 93.1 Å². The average Bonchev–Trinajstić information content (AvgIpc) is 3.52. The Morgan fingerprint density at radius 1 is 1.12 bits per heavy atom. The number of nitrogens with zero attached hydrogens (tertiary/aromatic N) is 2. The highest BCUT2D eigenvalue weighted by molar-refractivity contribution is 7.15. The molecule has 7 nitrogen and oxygen atoms in total. The first kappa shape index (κ1) is 22.7. The van der Waals surface area contributed by atoms with Crippen LogP contribution in [0.4, 0.5) is 0 Å². The van der Waals surface area contributed by atoms with Crippen LogP contribution in [0, 0.1) is 0 Å². The molecule has 34 heavy (non-hydrogen) atoms. The van der Waals surface area contributed by atoms with Gasteiger partial charge in [0, 0.05) is 0 Å². The van der Waals surface area contributed by atoms with Gasteiger partial charge in [-0.3, -0.25) is 9.59 Å². The monoisotopic (exact) mass is 533 g/mol. The number of nitrogens with one attached hydrogen (secondary N) is 1. The van der Waals surface area contributed by atoms with Gasteiger partial charge in [0.15, 0.2) is 10.7 Å². The number of aromatic nitrogens is 2. The lowest BCUT2D eigenvalue weighted by atomic mass is 10.2. The highest BCUT2D eigenvalue weighted by Crippen LogP contribution is 2.32. The molecule has 0 spiro atoms. The number of fused-ring (bicyclic) bond motifs is 3. The molecule has 0 radical (unpaired) electrons. The molecule has 3 heterocycles. The van der Waals surface area contributed by atoms with Crippen molar-refractivity contribution in [2.24, 2.45) is 0 Å². The van der Waals surface area contributed by atoms with E-state index in [1.165, 1.54) is 23.7 Å². The molecule has 1 amide bonds. The Hall–Kier alpha value is -3.04. The largest absolute Gasteiger partial charge is 0.466 e. The van der Waals surface area contributed by atoms with E-state index in [0.29, 0.717) is 15.2 Å². The number of carbonyl (C=O) groups excluding carboxylic acids is 1. The summed E-state index contributed by atoms with van der Waals surface area (Å²) in [5, 5.41) is 2.49. The first-order valence-corrected chi connectivity index (χ1v) is 11.8. The quantitative estimate of drug-likeness (QED) is 0.264. The minimum absolute atomic E-state index is 0.0521. The van der Waals surface area contributed by atoms with Crippen LogP contribution in [0.2, 0.25) is 0 Å². The molecule has 0 bridgehead atoms. The zero-order valence-corrected chi connectivity index (χ0v) is 20.2. The molecule has 2 aromatic carbocycles. The summed E-state index contributed by atoms with van der Waals surface area (Å²) >= 11 is 19.3. The number of para-hydroxylation sites is 2. The van der Waals surface area contributed by atoms with Crippen molar-refractivity contribution in [1.29, 1.82) is 0 Å². The summed E-state index contributed by atoms with van der Waals surface area (Å²) < 4.78 is 11.0.